The standard InChI is InChI=1S/C17H27N3O/c1-12-7-8-15(10-13(12)2)19-17(21)14(3)20-9-5-6-16(11-20)18-4/h7-8,10,14,16,18H,5-6,9,11H2,1-4H3,(H,19,21). The minimum atomic E-state index is -0.0947. The fourth-order valence-corrected chi connectivity index (χ4v) is 2.83. The number of anilines is 1. The maximum absolute atomic E-state index is 12.4. The number of hydrogen-bond donors (Lipinski definition) is 2. The molecule has 1 aromatic rings. The van der Waals surface area contributed by atoms with Crippen LogP contribution in [0.15, 0.2) is 18.2 Å². The molecule has 2 N–H and O–H groups in total. The van der Waals surface area contributed by atoms with Crippen LogP contribution < -0.4 is 10.6 Å². The van der Waals surface area contributed by atoms with Gasteiger partial charge in [0.1, 0.15) is 0 Å². The predicted molar refractivity (Wildman–Crippen MR) is 87.7 cm³/mol. The van der Waals surface area contributed by atoms with E-state index in [1.165, 1.54) is 17.5 Å². The first kappa shape index (κ1) is 16.0. The molecule has 1 fully saturated rings. The molecular formula is C17H27N3O. The molecule has 2 rings (SSSR count). The van der Waals surface area contributed by atoms with Crippen molar-refractivity contribution in [1.82, 2.24) is 10.2 Å². The molecule has 1 saturated heterocycles. The van der Waals surface area contributed by atoms with Gasteiger partial charge in [0.25, 0.3) is 0 Å². The zero-order chi connectivity index (χ0) is 15.4. The Balaban J connectivity index is 1.97. The largest absolute Gasteiger partial charge is 0.325 e. The lowest BCUT2D eigenvalue weighted by molar-refractivity contribution is -0.121. The molecule has 0 aromatic heterocycles. The van der Waals surface area contributed by atoms with E-state index in [4.69, 9.17) is 0 Å². The van der Waals surface area contributed by atoms with Crippen molar-refractivity contribution >= 4 is 11.6 Å². The van der Waals surface area contributed by atoms with Crippen molar-refractivity contribution in [2.24, 2.45) is 0 Å². The van der Waals surface area contributed by atoms with E-state index >= 15 is 0 Å². The van der Waals surface area contributed by atoms with Crippen LogP contribution in [0.25, 0.3) is 0 Å². The summed E-state index contributed by atoms with van der Waals surface area (Å²) in [6, 6.07) is 6.46. The minimum absolute atomic E-state index is 0.0787. The van der Waals surface area contributed by atoms with E-state index in [9.17, 15) is 4.79 Å². The average Bonchev–Trinajstić information content (AvgIpc) is 2.50. The van der Waals surface area contributed by atoms with Crippen LogP contribution >= 0.6 is 0 Å². The molecule has 116 valence electrons. The summed E-state index contributed by atoms with van der Waals surface area (Å²) < 4.78 is 0. The Morgan fingerprint density at radius 2 is 2.10 bits per heavy atom. The highest BCUT2D eigenvalue weighted by atomic mass is 16.2. The quantitative estimate of drug-likeness (QED) is 0.894. The summed E-state index contributed by atoms with van der Waals surface area (Å²) >= 11 is 0. The second-order valence-corrected chi connectivity index (χ2v) is 6.09. The number of rotatable bonds is 4. The Morgan fingerprint density at radius 1 is 1.33 bits per heavy atom. The first-order valence-corrected chi connectivity index (χ1v) is 7.80. The molecule has 21 heavy (non-hydrogen) atoms. The highest BCUT2D eigenvalue weighted by Gasteiger charge is 2.26. The van der Waals surface area contributed by atoms with Gasteiger partial charge in [-0.1, -0.05) is 6.07 Å². The third-order valence-electron chi connectivity index (χ3n) is 4.56. The lowest BCUT2D eigenvalue weighted by atomic mass is 10.0. The topological polar surface area (TPSA) is 44.4 Å². The van der Waals surface area contributed by atoms with Crippen molar-refractivity contribution in [1.29, 1.82) is 0 Å². The SMILES string of the molecule is CNC1CCCN(C(C)C(=O)Nc2ccc(C)c(C)c2)C1. The van der Waals surface area contributed by atoms with Crippen molar-refractivity contribution in [2.45, 2.75) is 45.7 Å². The predicted octanol–water partition coefficient (Wildman–Crippen LogP) is 2.31. The second-order valence-electron chi connectivity index (χ2n) is 6.09. The van der Waals surface area contributed by atoms with Crippen molar-refractivity contribution < 1.29 is 4.79 Å². The Hall–Kier alpha value is -1.39. The molecule has 0 aliphatic carbocycles. The number of hydrogen-bond acceptors (Lipinski definition) is 3. The maximum Gasteiger partial charge on any atom is 0.241 e. The molecular weight excluding hydrogens is 262 g/mol. The van der Waals surface area contributed by atoms with Crippen LogP contribution in [0.1, 0.15) is 30.9 Å². The molecule has 1 aromatic carbocycles. The maximum atomic E-state index is 12.4. The molecule has 2 unspecified atom stereocenters. The first-order chi connectivity index (χ1) is 10.0. The van der Waals surface area contributed by atoms with Crippen LogP contribution in [0, 0.1) is 13.8 Å². The van der Waals surface area contributed by atoms with Crippen molar-refractivity contribution in [3.05, 3.63) is 29.3 Å². The van der Waals surface area contributed by atoms with Gasteiger partial charge in [0.05, 0.1) is 6.04 Å². The fraction of sp³-hybridized carbons (Fsp3) is 0.588. The Morgan fingerprint density at radius 3 is 2.76 bits per heavy atom. The van der Waals surface area contributed by atoms with Gasteiger partial charge in [-0.3, -0.25) is 9.69 Å². The van der Waals surface area contributed by atoms with E-state index in [2.05, 4.69) is 29.4 Å². The van der Waals surface area contributed by atoms with Gasteiger partial charge in [0.15, 0.2) is 0 Å². The van der Waals surface area contributed by atoms with Gasteiger partial charge in [0.2, 0.25) is 5.91 Å². The number of carbonyl (C=O) groups excluding carboxylic acids is 1. The smallest absolute Gasteiger partial charge is 0.241 e. The van der Waals surface area contributed by atoms with Gasteiger partial charge < -0.3 is 10.6 Å². The third kappa shape index (κ3) is 4.05. The van der Waals surface area contributed by atoms with Gasteiger partial charge in [-0.05, 0) is 70.5 Å². The summed E-state index contributed by atoms with van der Waals surface area (Å²) in [6.07, 6.45) is 2.34. The molecule has 0 radical (unpaired) electrons. The van der Waals surface area contributed by atoms with Gasteiger partial charge in [-0.15, -0.1) is 0 Å². The monoisotopic (exact) mass is 289 g/mol. The van der Waals surface area contributed by atoms with E-state index in [-0.39, 0.29) is 11.9 Å². The summed E-state index contributed by atoms with van der Waals surface area (Å²) in [5, 5.41) is 6.36. The summed E-state index contributed by atoms with van der Waals surface area (Å²) in [5.74, 6) is 0.0787. The first-order valence-electron chi connectivity index (χ1n) is 7.80. The van der Waals surface area contributed by atoms with Crippen molar-refractivity contribution in [3.63, 3.8) is 0 Å². The summed E-state index contributed by atoms with van der Waals surface area (Å²) in [5.41, 5.74) is 3.33. The molecule has 1 aliphatic heterocycles. The summed E-state index contributed by atoms with van der Waals surface area (Å²) in [4.78, 5) is 14.7. The number of aryl methyl sites for hydroxylation is 2. The van der Waals surface area contributed by atoms with E-state index in [1.807, 2.05) is 32.2 Å². The number of carbonyl (C=O) groups is 1. The zero-order valence-corrected chi connectivity index (χ0v) is 13.6. The highest BCUT2D eigenvalue weighted by Crippen LogP contribution is 2.17. The van der Waals surface area contributed by atoms with Gasteiger partial charge in [-0.2, -0.15) is 0 Å². The Bertz CT molecular complexity index is 501. The van der Waals surface area contributed by atoms with E-state index in [0.717, 1.165) is 25.2 Å². The summed E-state index contributed by atoms with van der Waals surface area (Å²) in [6.45, 7) is 8.08. The molecule has 4 nitrogen and oxygen atoms in total. The minimum Gasteiger partial charge on any atom is -0.325 e. The van der Waals surface area contributed by atoms with E-state index in [1.54, 1.807) is 0 Å². The Kier molecular flexibility index (Phi) is 5.37. The highest BCUT2D eigenvalue weighted by molar-refractivity contribution is 5.94. The van der Waals surface area contributed by atoms with Crippen LogP contribution in [0.3, 0.4) is 0 Å². The van der Waals surface area contributed by atoms with Gasteiger partial charge in [-0.25, -0.2) is 0 Å². The number of likely N-dealkylation sites (N-methyl/N-ethyl adjacent to an activating group) is 1. The Labute approximate surface area is 127 Å². The number of benzene rings is 1. The molecule has 1 amide bonds. The van der Waals surface area contributed by atoms with E-state index in [0.29, 0.717) is 6.04 Å². The zero-order valence-electron chi connectivity index (χ0n) is 13.6. The lowest BCUT2D eigenvalue weighted by Gasteiger charge is -2.35. The van der Waals surface area contributed by atoms with Crippen molar-refractivity contribution in [3.8, 4) is 0 Å². The number of piperidine rings is 1. The van der Waals surface area contributed by atoms with Crippen LogP contribution in [0.5, 0.6) is 0 Å². The second kappa shape index (κ2) is 7.05. The molecule has 1 heterocycles. The van der Waals surface area contributed by atoms with Gasteiger partial charge >= 0.3 is 0 Å². The molecule has 0 spiro atoms. The average molecular weight is 289 g/mol. The number of amides is 1. The number of nitrogens with one attached hydrogen (secondary N) is 2. The fourth-order valence-electron chi connectivity index (χ4n) is 2.83. The summed E-state index contributed by atoms with van der Waals surface area (Å²) in [7, 11) is 1.99. The van der Waals surface area contributed by atoms with Crippen molar-refractivity contribution in [2.75, 3.05) is 25.5 Å². The van der Waals surface area contributed by atoms with Crippen LogP contribution in [0.4, 0.5) is 5.69 Å². The van der Waals surface area contributed by atoms with Crippen LogP contribution in [-0.2, 0) is 4.79 Å². The normalized spacial score (nSPS) is 21.0. The molecule has 2 atom stereocenters. The molecule has 4 heteroatoms. The molecule has 0 bridgehead atoms. The number of likely N-dealkylation sites (tertiary alicyclic amines) is 1. The van der Waals surface area contributed by atoms with Crippen LogP contribution in [0.2, 0.25) is 0 Å². The number of nitrogens with zero attached hydrogens (tertiary/aromatic N) is 1. The molecule has 0 saturated carbocycles. The van der Waals surface area contributed by atoms with E-state index < -0.39 is 0 Å². The van der Waals surface area contributed by atoms with Gasteiger partial charge in [0, 0.05) is 18.3 Å². The van der Waals surface area contributed by atoms with Crippen LogP contribution in [-0.4, -0.2) is 43.0 Å². The molecule has 1 aliphatic rings. The lowest BCUT2D eigenvalue weighted by Crippen LogP contribution is -2.51. The third-order valence-corrected chi connectivity index (χ3v) is 4.56.